The van der Waals surface area contributed by atoms with E-state index in [1.807, 2.05) is 0 Å². The minimum Gasteiger partial charge on any atom is -0.458 e. The Balaban J connectivity index is 1.76. The van der Waals surface area contributed by atoms with Gasteiger partial charge in [-0.15, -0.1) is 0 Å². The van der Waals surface area contributed by atoms with Crippen LogP contribution in [0.25, 0.3) is 0 Å². The molecular weight excluding hydrogens is 467 g/mol. The molecule has 0 radical (unpaired) electrons. The molecule has 2 aliphatic carbocycles. The maximum Gasteiger partial charge on any atom is 0.423 e. The predicted molar refractivity (Wildman–Crippen MR) is 84.6 cm³/mol. The third kappa shape index (κ3) is 4.14. The number of halogens is 9. The van der Waals surface area contributed by atoms with Crippen LogP contribution in [0.4, 0.5) is 39.5 Å². The van der Waals surface area contributed by atoms with E-state index in [1.165, 1.54) is 6.92 Å². The molecule has 1 heterocycles. The quantitative estimate of drug-likeness (QED) is 0.416. The van der Waals surface area contributed by atoms with Crippen molar-refractivity contribution in [3.8, 4) is 0 Å². The highest BCUT2D eigenvalue weighted by atomic mass is 19.4. The fourth-order valence-corrected chi connectivity index (χ4v) is 4.81. The van der Waals surface area contributed by atoms with Crippen LogP contribution in [0.2, 0.25) is 0 Å². The van der Waals surface area contributed by atoms with Crippen LogP contribution < -0.4 is 0 Å². The molecule has 7 atom stereocenters. The number of hydrogen-bond acceptors (Lipinski definition) is 5. The van der Waals surface area contributed by atoms with Crippen LogP contribution in [-0.2, 0) is 23.8 Å². The lowest BCUT2D eigenvalue weighted by Gasteiger charge is -2.35. The number of fused-ring (bicyclic) bond motifs is 1. The first-order valence-corrected chi connectivity index (χ1v) is 9.65. The molecule has 5 nitrogen and oxygen atoms in total. The molecule has 184 valence electrons. The summed E-state index contributed by atoms with van der Waals surface area (Å²) in [4.78, 5) is 24.6. The number of ether oxygens (including phenoxy) is 3. The van der Waals surface area contributed by atoms with Crippen LogP contribution >= 0.6 is 0 Å². The highest BCUT2D eigenvalue weighted by molar-refractivity contribution is 5.79. The number of carbonyl (C=O) groups excluding carboxylic acids is 2. The van der Waals surface area contributed by atoms with E-state index < -0.39 is 84.5 Å². The number of alkyl halides is 9. The van der Waals surface area contributed by atoms with Gasteiger partial charge in [0.15, 0.2) is 0 Å². The summed E-state index contributed by atoms with van der Waals surface area (Å²) in [5, 5.41) is 0. The van der Waals surface area contributed by atoms with E-state index >= 15 is 0 Å². The molecule has 14 heteroatoms. The first-order valence-electron chi connectivity index (χ1n) is 9.65. The van der Waals surface area contributed by atoms with E-state index in [9.17, 15) is 49.1 Å². The molecule has 0 amide bonds. The maximum absolute atomic E-state index is 13.5. The normalized spacial score (nSPS) is 34.1. The highest BCUT2D eigenvalue weighted by Crippen LogP contribution is 2.62. The monoisotopic (exact) mass is 486 g/mol. The van der Waals surface area contributed by atoms with Crippen LogP contribution in [0.15, 0.2) is 0 Å². The molecule has 0 aromatic heterocycles. The van der Waals surface area contributed by atoms with Crippen molar-refractivity contribution in [3.05, 3.63) is 0 Å². The van der Waals surface area contributed by atoms with Gasteiger partial charge in [0.1, 0.15) is 12.2 Å². The SMILES string of the molecule is CCC(C)(COC(C(F)(F)F)C(F)(F)F)C(=O)OC1C2CC3C1OC(=O)C3C2C(F)(F)F. The van der Waals surface area contributed by atoms with Gasteiger partial charge in [-0.25, -0.2) is 0 Å². The molecule has 1 saturated heterocycles. The minimum absolute atomic E-state index is 0.104. The average Bonchev–Trinajstić information content (AvgIpc) is 3.22. The van der Waals surface area contributed by atoms with Crippen molar-refractivity contribution in [1.82, 2.24) is 0 Å². The van der Waals surface area contributed by atoms with E-state index in [0.29, 0.717) is 0 Å². The molecule has 3 aliphatic rings. The number of esters is 2. The molecule has 32 heavy (non-hydrogen) atoms. The lowest BCUT2D eigenvalue weighted by molar-refractivity contribution is -0.325. The van der Waals surface area contributed by atoms with Gasteiger partial charge in [-0.2, -0.15) is 39.5 Å². The Bertz CT molecular complexity index is 747. The van der Waals surface area contributed by atoms with Gasteiger partial charge in [0.25, 0.3) is 0 Å². The summed E-state index contributed by atoms with van der Waals surface area (Å²) in [6, 6.07) is 0. The Kier molecular flexibility index (Phi) is 5.96. The van der Waals surface area contributed by atoms with E-state index in [1.54, 1.807) is 0 Å². The molecule has 0 aromatic carbocycles. The van der Waals surface area contributed by atoms with Gasteiger partial charge in [-0.3, -0.25) is 9.59 Å². The van der Waals surface area contributed by atoms with Gasteiger partial charge < -0.3 is 14.2 Å². The Labute approximate surface area is 175 Å². The largest absolute Gasteiger partial charge is 0.458 e. The van der Waals surface area contributed by atoms with Crippen LogP contribution in [0.5, 0.6) is 0 Å². The summed E-state index contributed by atoms with van der Waals surface area (Å²) in [6.07, 6.45) is -23.6. The molecule has 0 N–H and O–H groups in total. The second-order valence-electron chi connectivity index (χ2n) is 8.62. The van der Waals surface area contributed by atoms with Crippen molar-refractivity contribution in [2.45, 2.75) is 63.5 Å². The van der Waals surface area contributed by atoms with Crippen molar-refractivity contribution >= 4 is 11.9 Å². The van der Waals surface area contributed by atoms with E-state index in [0.717, 1.165) is 6.92 Å². The van der Waals surface area contributed by atoms with Gasteiger partial charge >= 0.3 is 30.5 Å². The van der Waals surface area contributed by atoms with Crippen LogP contribution in [0, 0.1) is 29.1 Å². The Morgan fingerprint density at radius 1 is 1.06 bits per heavy atom. The highest BCUT2D eigenvalue weighted by Gasteiger charge is 2.73. The van der Waals surface area contributed by atoms with Crippen LogP contribution in [0.1, 0.15) is 26.7 Å². The predicted octanol–water partition coefficient (Wildman–Crippen LogP) is 4.19. The molecule has 0 aromatic rings. The first kappa shape index (κ1) is 24.9. The lowest BCUT2D eigenvalue weighted by atomic mass is 9.78. The molecule has 3 rings (SSSR count). The summed E-state index contributed by atoms with van der Waals surface area (Å²) in [5.41, 5.74) is -2.02. The number of rotatable bonds is 6. The van der Waals surface area contributed by atoms with Gasteiger partial charge in [0.2, 0.25) is 6.10 Å². The third-order valence-electron chi connectivity index (χ3n) is 6.60. The van der Waals surface area contributed by atoms with Gasteiger partial charge in [0.05, 0.1) is 23.9 Å². The lowest BCUT2D eigenvalue weighted by Crippen LogP contribution is -2.49. The average molecular weight is 486 g/mol. The van der Waals surface area contributed by atoms with Gasteiger partial charge in [0, 0.05) is 11.8 Å². The van der Waals surface area contributed by atoms with Gasteiger partial charge in [-0.1, -0.05) is 6.92 Å². The summed E-state index contributed by atoms with van der Waals surface area (Å²) in [7, 11) is 0. The van der Waals surface area contributed by atoms with Crippen LogP contribution in [-0.4, -0.2) is 55.4 Å². The van der Waals surface area contributed by atoms with Gasteiger partial charge in [-0.05, 0) is 19.8 Å². The van der Waals surface area contributed by atoms with E-state index in [2.05, 4.69) is 4.74 Å². The van der Waals surface area contributed by atoms with E-state index in [4.69, 9.17) is 9.47 Å². The standard InChI is InChI=1S/C18H19F9O5/c1-3-15(2,5-30-13(17(22,23)24)18(25,26)27)14(29)32-11-7-4-6-8(9(7)16(19,20)21)12(28)31-10(6)11/h6-11,13H,3-5H2,1-2H3. The smallest absolute Gasteiger partial charge is 0.423 e. The summed E-state index contributed by atoms with van der Waals surface area (Å²) < 4.78 is 131. The molecule has 1 aliphatic heterocycles. The molecule has 2 bridgehead atoms. The Hall–Kier alpha value is -1.73. The minimum atomic E-state index is -5.80. The first-order chi connectivity index (χ1) is 14.4. The van der Waals surface area contributed by atoms with E-state index in [-0.39, 0.29) is 12.8 Å². The molecule has 7 unspecified atom stereocenters. The third-order valence-corrected chi connectivity index (χ3v) is 6.60. The van der Waals surface area contributed by atoms with Crippen molar-refractivity contribution in [3.63, 3.8) is 0 Å². The van der Waals surface area contributed by atoms with Crippen molar-refractivity contribution in [2.75, 3.05) is 6.61 Å². The Morgan fingerprint density at radius 3 is 2.09 bits per heavy atom. The summed E-state index contributed by atoms with van der Waals surface area (Å²) >= 11 is 0. The van der Waals surface area contributed by atoms with Crippen molar-refractivity contribution < 1.29 is 63.3 Å². The number of carbonyl (C=O) groups is 2. The maximum atomic E-state index is 13.5. The topological polar surface area (TPSA) is 61.8 Å². The van der Waals surface area contributed by atoms with Crippen LogP contribution in [0.3, 0.4) is 0 Å². The zero-order chi connectivity index (χ0) is 24.4. The summed E-state index contributed by atoms with van der Waals surface area (Å²) in [6.45, 7) is 0.908. The fraction of sp³-hybridized carbons (Fsp3) is 0.889. The van der Waals surface area contributed by atoms with Crippen molar-refractivity contribution in [1.29, 1.82) is 0 Å². The molecule has 0 spiro atoms. The number of hydrogen-bond donors (Lipinski definition) is 0. The zero-order valence-electron chi connectivity index (χ0n) is 16.6. The zero-order valence-corrected chi connectivity index (χ0v) is 16.6. The summed E-state index contributed by atoms with van der Waals surface area (Å²) in [5.74, 6) is -8.06. The molecule has 3 fully saturated rings. The second-order valence-corrected chi connectivity index (χ2v) is 8.62. The second kappa shape index (κ2) is 7.66. The molecule has 2 saturated carbocycles. The Morgan fingerprint density at radius 2 is 1.62 bits per heavy atom. The fourth-order valence-electron chi connectivity index (χ4n) is 4.81. The molecular formula is C18H19F9O5. The van der Waals surface area contributed by atoms with Crippen molar-refractivity contribution in [2.24, 2.45) is 29.1 Å².